The lowest BCUT2D eigenvalue weighted by molar-refractivity contribution is -0.266. The van der Waals surface area contributed by atoms with Crippen molar-refractivity contribution >= 4 is 0 Å². The monoisotopic (exact) mass is 272 g/mol. The van der Waals surface area contributed by atoms with Crippen molar-refractivity contribution in [1.29, 1.82) is 0 Å². The van der Waals surface area contributed by atoms with Gasteiger partial charge >= 0.3 is 0 Å². The van der Waals surface area contributed by atoms with Gasteiger partial charge in [0, 0.05) is 34.2 Å². The first-order chi connectivity index (χ1) is 9.26. The zero-order valence-electron chi connectivity index (χ0n) is 12.0. The van der Waals surface area contributed by atoms with Gasteiger partial charge in [0.25, 0.3) is 0 Å². The summed E-state index contributed by atoms with van der Waals surface area (Å²) in [5.41, 5.74) is 0. The average molecular weight is 272 g/mol. The Hall–Kier alpha value is -0.640. The predicted octanol–water partition coefficient (Wildman–Crippen LogP) is 1.21. The molecule has 1 saturated heterocycles. The second-order valence-electron chi connectivity index (χ2n) is 4.45. The molecule has 1 aliphatic rings. The van der Waals surface area contributed by atoms with E-state index in [0.717, 1.165) is 6.42 Å². The Balaban J connectivity index is 2.49. The first kappa shape index (κ1) is 16.4. The van der Waals surface area contributed by atoms with Crippen LogP contribution in [0.25, 0.3) is 0 Å². The van der Waals surface area contributed by atoms with Crippen LogP contribution in [0.5, 0.6) is 0 Å². The van der Waals surface area contributed by atoms with E-state index < -0.39 is 0 Å². The van der Waals surface area contributed by atoms with Crippen LogP contribution in [-0.4, -0.2) is 59.1 Å². The number of rotatable bonds is 8. The molecule has 0 saturated carbocycles. The molecule has 0 N–H and O–H groups in total. The van der Waals surface area contributed by atoms with Crippen molar-refractivity contribution in [3.8, 4) is 12.3 Å². The topological polar surface area (TPSA) is 46.2 Å². The average Bonchev–Trinajstić information content (AvgIpc) is 2.43. The van der Waals surface area contributed by atoms with Crippen molar-refractivity contribution in [3.63, 3.8) is 0 Å². The Kier molecular flexibility index (Phi) is 8.03. The van der Waals surface area contributed by atoms with Gasteiger partial charge in [0.1, 0.15) is 12.2 Å². The molecule has 0 aliphatic carbocycles. The molecular formula is C14H24O5. The molecule has 0 radical (unpaired) electrons. The standard InChI is InChI=1S/C14H24O5/c1-5-6-7-8-18-13-9-11(16-3)14(17-4)12(19-13)10-15-2/h1,11-14H,6-10H2,2-4H3. The molecule has 1 aliphatic heterocycles. The quantitative estimate of drug-likeness (QED) is 0.491. The van der Waals surface area contributed by atoms with Gasteiger partial charge in [0.05, 0.1) is 19.3 Å². The molecule has 0 bridgehead atoms. The predicted molar refractivity (Wildman–Crippen MR) is 70.8 cm³/mol. The summed E-state index contributed by atoms with van der Waals surface area (Å²) < 4.78 is 27.6. The minimum atomic E-state index is -0.297. The first-order valence-electron chi connectivity index (χ1n) is 6.51. The maximum Gasteiger partial charge on any atom is 0.160 e. The van der Waals surface area contributed by atoms with E-state index in [0.29, 0.717) is 26.1 Å². The Bertz CT molecular complexity index is 276. The van der Waals surface area contributed by atoms with E-state index in [-0.39, 0.29) is 24.6 Å². The lowest BCUT2D eigenvalue weighted by atomic mass is 10.0. The van der Waals surface area contributed by atoms with E-state index in [9.17, 15) is 0 Å². The number of ether oxygens (including phenoxy) is 5. The zero-order chi connectivity index (χ0) is 14.1. The molecule has 1 fully saturated rings. The number of terminal acetylenes is 1. The summed E-state index contributed by atoms with van der Waals surface area (Å²) in [5.74, 6) is 2.59. The third-order valence-corrected chi connectivity index (χ3v) is 3.16. The molecule has 0 aromatic heterocycles. The fraction of sp³-hybridized carbons (Fsp3) is 0.857. The molecule has 1 heterocycles. The first-order valence-corrected chi connectivity index (χ1v) is 6.51. The van der Waals surface area contributed by atoms with Crippen molar-refractivity contribution < 1.29 is 23.7 Å². The number of unbranched alkanes of at least 4 members (excludes halogenated alkanes) is 1. The molecule has 4 unspecified atom stereocenters. The lowest BCUT2D eigenvalue weighted by Crippen LogP contribution is -2.52. The van der Waals surface area contributed by atoms with Crippen molar-refractivity contribution in [2.24, 2.45) is 0 Å². The fourth-order valence-electron chi connectivity index (χ4n) is 2.22. The highest BCUT2D eigenvalue weighted by atomic mass is 16.7. The van der Waals surface area contributed by atoms with Crippen LogP contribution in [0.1, 0.15) is 19.3 Å². The molecule has 0 aromatic rings. The molecule has 19 heavy (non-hydrogen) atoms. The van der Waals surface area contributed by atoms with Gasteiger partial charge in [-0.2, -0.15) is 0 Å². The number of hydrogen-bond donors (Lipinski definition) is 0. The largest absolute Gasteiger partial charge is 0.382 e. The van der Waals surface area contributed by atoms with Gasteiger partial charge in [-0.1, -0.05) is 0 Å². The van der Waals surface area contributed by atoms with Gasteiger partial charge in [-0.05, 0) is 6.42 Å². The second kappa shape index (κ2) is 9.29. The van der Waals surface area contributed by atoms with Crippen LogP contribution in [0.2, 0.25) is 0 Å². The van der Waals surface area contributed by atoms with Crippen LogP contribution in [0, 0.1) is 12.3 Å². The molecule has 5 nitrogen and oxygen atoms in total. The van der Waals surface area contributed by atoms with Crippen LogP contribution in [0.15, 0.2) is 0 Å². The van der Waals surface area contributed by atoms with Crippen molar-refractivity contribution in [3.05, 3.63) is 0 Å². The Labute approximate surface area is 115 Å². The zero-order valence-corrected chi connectivity index (χ0v) is 12.0. The molecule has 110 valence electrons. The highest BCUT2D eigenvalue weighted by Gasteiger charge is 2.39. The summed E-state index contributed by atoms with van der Waals surface area (Å²) in [7, 11) is 4.95. The van der Waals surface area contributed by atoms with Crippen LogP contribution >= 0.6 is 0 Å². The summed E-state index contributed by atoms with van der Waals surface area (Å²) in [4.78, 5) is 0. The van der Waals surface area contributed by atoms with Gasteiger partial charge in [-0.3, -0.25) is 0 Å². The molecule has 5 heteroatoms. The van der Waals surface area contributed by atoms with Gasteiger partial charge in [0.15, 0.2) is 6.29 Å². The molecular weight excluding hydrogens is 248 g/mol. The van der Waals surface area contributed by atoms with Crippen molar-refractivity contribution in [2.45, 2.75) is 43.9 Å². The van der Waals surface area contributed by atoms with Crippen LogP contribution in [-0.2, 0) is 23.7 Å². The van der Waals surface area contributed by atoms with Crippen molar-refractivity contribution in [2.75, 3.05) is 34.5 Å². The lowest BCUT2D eigenvalue weighted by Gasteiger charge is -2.39. The molecule has 1 rings (SSSR count). The Morgan fingerprint density at radius 2 is 2.05 bits per heavy atom. The van der Waals surface area contributed by atoms with E-state index in [1.165, 1.54) is 0 Å². The molecule has 0 amide bonds. The fourth-order valence-corrected chi connectivity index (χ4v) is 2.22. The van der Waals surface area contributed by atoms with E-state index in [4.69, 9.17) is 30.1 Å². The van der Waals surface area contributed by atoms with E-state index in [1.54, 1.807) is 21.3 Å². The van der Waals surface area contributed by atoms with E-state index in [2.05, 4.69) is 5.92 Å². The Morgan fingerprint density at radius 1 is 1.26 bits per heavy atom. The van der Waals surface area contributed by atoms with Gasteiger partial charge in [-0.15, -0.1) is 12.3 Å². The maximum absolute atomic E-state index is 5.84. The van der Waals surface area contributed by atoms with Gasteiger partial charge in [-0.25, -0.2) is 0 Å². The smallest absolute Gasteiger partial charge is 0.160 e. The van der Waals surface area contributed by atoms with Crippen LogP contribution in [0.4, 0.5) is 0 Å². The summed E-state index contributed by atoms with van der Waals surface area (Å²) in [6, 6.07) is 0. The van der Waals surface area contributed by atoms with Gasteiger partial charge < -0.3 is 23.7 Å². The summed E-state index contributed by atoms with van der Waals surface area (Å²) >= 11 is 0. The summed E-state index contributed by atoms with van der Waals surface area (Å²) in [6.45, 7) is 1.03. The van der Waals surface area contributed by atoms with E-state index >= 15 is 0 Å². The number of methoxy groups -OCH3 is 3. The van der Waals surface area contributed by atoms with Gasteiger partial charge in [0.2, 0.25) is 0 Å². The minimum absolute atomic E-state index is 0.0588. The SMILES string of the molecule is C#CCCCOC1CC(OC)C(OC)C(COC)O1. The summed E-state index contributed by atoms with van der Waals surface area (Å²) in [6.07, 6.45) is 6.70. The van der Waals surface area contributed by atoms with Crippen molar-refractivity contribution in [1.82, 2.24) is 0 Å². The van der Waals surface area contributed by atoms with Crippen LogP contribution in [0.3, 0.4) is 0 Å². The third-order valence-electron chi connectivity index (χ3n) is 3.16. The Morgan fingerprint density at radius 3 is 2.63 bits per heavy atom. The second-order valence-corrected chi connectivity index (χ2v) is 4.45. The van der Waals surface area contributed by atoms with Crippen LogP contribution < -0.4 is 0 Å². The third kappa shape index (κ3) is 5.09. The maximum atomic E-state index is 5.84. The molecule has 4 atom stereocenters. The summed E-state index contributed by atoms with van der Waals surface area (Å²) in [5, 5.41) is 0. The normalized spacial score (nSPS) is 31.1. The minimum Gasteiger partial charge on any atom is -0.382 e. The highest BCUT2D eigenvalue weighted by Crippen LogP contribution is 2.25. The molecule has 0 spiro atoms. The molecule has 0 aromatic carbocycles. The number of hydrogen-bond acceptors (Lipinski definition) is 5. The highest BCUT2D eigenvalue weighted by molar-refractivity contribution is 4.85. The van der Waals surface area contributed by atoms with E-state index in [1.807, 2.05) is 0 Å².